The fourth-order valence-corrected chi connectivity index (χ4v) is 5.62. The smallest absolute Gasteiger partial charge is 0.398 e. The second-order valence-corrected chi connectivity index (χ2v) is 13.7. The molecule has 0 heterocycles. The number of nitrogen functional groups attached to an aromatic ring is 1. The maximum absolute atomic E-state index is 12.8. The summed E-state index contributed by atoms with van der Waals surface area (Å²) >= 11 is 3.33. The van der Waals surface area contributed by atoms with Crippen LogP contribution < -0.4 is 20.1 Å². The molecule has 0 spiro atoms. The Kier molecular flexibility index (Phi) is 9.75. The van der Waals surface area contributed by atoms with Gasteiger partial charge in [-0.1, -0.05) is 15.9 Å². The van der Waals surface area contributed by atoms with Crippen LogP contribution in [0.5, 0.6) is 0 Å². The average molecular weight is 683 g/mol. The highest BCUT2D eigenvalue weighted by molar-refractivity contribution is 9.10. The number of hydrogen-bond acceptors (Lipinski definition) is 8. The minimum absolute atomic E-state index is 0.00535. The van der Waals surface area contributed by atoms with Gasteiger partial charge in [-0.05, 0) is 67.1 Å². The molecule has 1 aliphatic rings. The van der Waals surface area contributed by atoms with Crippen LogP contribution in [-0.2, 0) is 29.6 Å². The number of sulfonamides is 2. The molecule has 0 saturated heterocycles. The van der Waals surface area contributed by atoms with Crippen molar-refractivity contribution < 1.29 is 39.6 Å². The number of nitrogens with zero attached hydrogens (tertiary/aromatic N) is 2. The molecule has 17 heteroatoms. The van der Waals surface area contributed by atoms with E-state index in [9.17, 15) is 39.6 Å². The summed E-state index contributed by atoms with van der Waals surface area (Å²) in [5, 5.41) is 2.52. The molecule has 2 aromatic rings. The number of rotatable bonds is 11. The van der Waals surface area contributed by atoms with Gasteiger partial charge in [0, 0.05) is 35.7 Å². The Morgan fingerprint density at radius 1 is 1.12 bits per heavy atom. The number of amides is 2. The fraction of sp³-hybridized carbons (Fsp3) is 0.375. The lowest BCUT2D eigenvalue weighted by Crippen LogP contribution is -2.40. The van der Waals surface area contributed by atoms with Gasteiger partial charge < -0.3 is 11.1 Å². The van der Waals surface area contributed by atoms with Crippen molar-refractivity contribution in [3.63, 3.8) is 0 Å². The van der Waals surface area contributed by atoms with Crippen molar-refractivity contribution >= 4 is 70.6 Å². The number of nitrogens with one attached hydrogen (secondary N) is 2. The lowest BCUT2D eigenvalue weighted by atomic mass is 9.98. The van der Waals surface area contributed by atoms with E-state index in [4.69, 9.17) is 5.73 Å². The van der Waals surface area contributed by atoms with Crippen molar-refractivity contribution in [1.29, 1.82) is 0 Å². The molecule has 2 amide bonds. The van der Waals surface area contributed by atoms with Crippen LogP contribution in [0.1, 0.15) is 42.7 Å². The first kappa shape index (κ1) is 32.3. The van der Waals surface area contributed by atoms with Gasteiger partial charge in [0.1, 0.15) is 5.71 Å². The molecule has 2 aromatic carbocycles. The molecular weight excluding hydrogens is 655 g/mol. The van der Waals surface area contributed by atoms with E-state index >= 15 is 0 Å². The lowest BCUT2D eigenvalue weighted by molar-refractivity contribution is -0.120. The minimum atomic E-state index is -5.88. The van der Waals surface area contributed by atoms with Gasteiger partial charge in [0.25, 0.3) is 5.91 Å². The first-order valence-electron chi connectivity index (χ1n) is 12.0. The Bertz CT molecular complexity index is 1580. The number of nitrogens with two attached hydrogens (primary N) is 1. The summed E-state index contributed by atoms with van der Waals surface area (Å²) in [6.07, 6.45) is 1.36. The summed E-state index contributed by atoms with van der Waals surface area (Å²) in [5.41, 5.74) is 2.14. The third-order valence-electron chi connectivity index (χ3n) is 5.97. The van der Waals surface area contributed by atoms with Gasteiger partial charge in [0.2, 0.25) is 15.9 Å². The molecule has 11 nitrogen and oxygen atoms in total. The van der Waals surface area contributed by atoms with Crippen LogP contribution in [0.3, 0.4) is 0 Å². The molecule has 224 valence electrons. The topological polar surface area (TPSA) is 168 Å². The lowest BCUT2D eigenvalue weighted by Gasteiger charge is -2.26. The first-order valence-corrected chi connectivity index (χ1v) is 16.2. The molecule has 0 radical (unpaired) electrons. The van der Waals surface area contributed by atoms with Crippen LogP contribution in [0.25, 0.3) is 0 Å². The second-order valence-electron chi connectivity index (χ2n) is 9.20. The van der Waals surface area contributed by atoms with Gasteiger partial charge in [-0.15, -0.1) is 0 Å². The van der Waals surface area contributed by atoms with Gasteiger partial charge >= 0.3 is 15.5 Å². The van der Waals surface area contributed by atoms with Gasteiger partial charge in [0.05, 0.1) is 17.6 Å². The van der Waals surface area contributed by atoms with Crippen LogP contribution in [0.4, 0.5) is 30.2 Å². The largest absolute Gasteiger partial charge is 0.516 e. The maximum Gasteiger partial charge on any atom is 0.516 e. The molecule has 3 rings (SSSR count). The van der Waals surface area contributed by atoms with E-state index in [0.29, 0.717) is 11.3 Å². The molecular formula is C24H27BrF3N5O6S2. The van der Waals surface area contributed by atoms with Crippen LogP contribution >= 0.6 is 15.9 Å². The number of aliphatic imine (C=N–C) groups is 1. The zero-order valence-electron chi connectivity index (χ0n) is 21.8. The Hall–Kier alpha value is -3.18. The van der Waals surface area contributed by atoms with Gasteiger partial charge in [-0.25, -0.2) is 18.1 Å². The van der Waals surface area contributed by atoms with E-state index < -0.39 is 43.8 Å². The van der Waals surface area contributed by atoms with Gasteiger partial charge in [-0.2, -0.15) is 21.6 Å². The molecule has 0 aromatic heterocycles. The summed E-state index contributed by atoms with van der Waals surface area (Å²) < 4.78 is 88.2. The molecule has 41 heavy (non-hydrogen) atoms. The van der Waals surface area contributed by atoms with Crippen molar-refractivity contribution in [3.8, 4) is 0 Å². The van der Waals surface area contributed by atoms with E-state index in [1.807, 2.05) is 0 Å². The van der Waals surface area contributed by atoms with E-state index in [1.165, 1.54) is 13.1 Å². The zero-order valence-corrected chi connectivity index (χ0v) is 25.0. The summed E-state index contributed by atoms with van der Waals surface area (Å²) in [5.74, 6) is -2.03. The number of hydrogen-bond donors (Lipinski definition) is 3. The predicted molar refractivity (Wildman–Crippen MR) is 152 cm³/mol. The fourth-order valence-electron chi connectivity index (χ4n) is 3.87. The molecule has 0 aliphatic heterocycles. The molecule has 1 aliphatic carbocycles. The quantitative estimate of drug-likeness (QED) is 0.242. The summed E-state index contributed by atoms with van der Waals surface area (Å²) in [7, 11) is -8.45. The van der Waals surface area contributed by atoms with Crippen molar-refractivity contribution in [1.82, 2.24) is 10.0 Å². The van der Waals surface area contributed by atoms with Crippen LogP contribution in [0.15, 0.2) is 45.9 Å². The number of alkyl halides is 3. The summed E-state index contributed by atoms with van der Waals surface area (Å²) in [6, 6.07) is 9.81. The van der Waals surface area contributed by atoms with E-state index in [2.05, 4.69) is 26.2 Å². The standard InChI is InChI=1S/C24H27BrF3N5O6S2/c1-30-23(35)22(31-16-9-7-15(25)8-10-16)18-12-17(14-5-6-14)20(13-19(18)29)33(40(2,36)37)11-3-4-21(34)32-41(38,39)24(26,27)28/h7-10,12-14H,3-6,11,29H2,1-2H3,(H,30,35)(H,32,34). The molecule has 0 atom stereocenters. The molecule has 0 unspecified atom stereocenters. The van der Waals surface area contributed by atoms with Crippen LogP contribution in [0.2, 0.25) is 0 Å². The normalized spacial score (nSPS) is 14.4. The maximum atomic E-state index is 12.8. The molecule has 4 N–H and O–H groups in total. The third kappa shape index (κ3) is 8.19. The molecule has 0 bridgehead atoms. The number of likely N-dealkylation sites (N-methyl/N-ethyl adjacent to an activating group) is 1. The highest BCUT2D eigenvalue weighted by Gasteiger charge is 2.46. The Balaban J connectivity index is 1.97. The van der Waals surface area contributed by atoms with Crippen molar-refractivity contribution in [3.05, 3.63) is 52.0 Å². The Morgan fingerprint density at radius 3 is 2.24 bits per heavy atom. The minimum Gasteiger partial charge on any atom is -0.398 e. The zero-order chi connectivity index (χ0) is 30.8. The van der Waals surface area contributed by atoms with E-state index in [0.717, 1.165) is 32.6 Å². The highest BCUT2D eigenvalue weighted by atomic mass is 79.9. The average Bonchev–Trinajstić information content (AvgIpc) is 3.70. The van der Waals surface area contributed by atoms with Crippen LogP contribution in [0, 0.1) is 0 Å². The Labute approximate surface area is 243 Å². The molecule has 1 saturated carbocycles. The van der Waals surface area contributed by atoms with Crippen LogP contribution in [-0.4, -0.2) is 59.7 Å². The predicted octanol–water partition coefficient (Wildman–Crippen LogP) is 3.29. The number of carbonyl (C=O) groups excluding carboxylic acids is 2. The monoisotopic (exact) mass is 681 g/mol. The second kappa shape index (κ2) is 12.4. The van der Waals surface area contributed by atoms with Crippen molar-refractivity contribution in [2.75, 3.05) is 29.9 Å². The highest BCUT2D eigenvalue weighted by Crippen LogP contribution is 2.46. The first-order chi connectivity index (χ1) is 18.9. The SMILES string of the molecule is CNC(=O)C(=Nc1ccc(Br)cc1)c1cc(C2CC2)c(N(CCCC(=O)NS(=O)(=O)C(F)(F)F)S(C)(=O)=O)cc1N. The summed E-state index contributed by atoms with van der Waals surface area (Å²) in [6.45, 7) is -0.355. The number of anilines is 2. The van der Waals surface area contributed by atoms with Gasteiger partial charge in [0.15, 0.2) is 0 Å². The number of benzene rings is 2. The number of halogens is 4. The summed E-state index contributed by atoms with van der Waals surface area (Å²) in [4.78, 5) is 29.1. The van der Waals surface area contributed by atoms with Crippen molar-refractivity contribution in [2.24, 2.45) is 4.99 Å². The molecule has 1 fully saturated rings. The van der Waals surface area contributed by atoms with E-state index in [1.54, 1.807) is 30.3 Å². The number of carbonyl (C=O) groups is 2. The van der Waals surface area contributed by atoms with Crippen molar-refractivity contribution in [2.45, 2.75) is 37.1 Å². The Morgan fingerprint density at radius 2 is 1.73 bits per heavy atom. The van der Waals surface area contributed by atoms with E-state index in [-0.39, 0.29) is 41.5 Å². The van der Waals surface area contributed by atoms with Gasteiger partial charge in [-0.3, -0.25) is 13.9 Å². The third-order valence-corrected chi connectivity index (χ3v) is 8.78.